The molecule has 6 nitrogen and oxygen atoms in total. The summed E-state index contributed by atoms with van der Waals surface area (Å²) in [5.41, 5.74) is 1.70. The largest absolute Gasteiger partial charge is 0.358 e. The minimum absolute atomic E-state index is 0. The highest BCUT2D eigenvalue weighted by Gasteiger charge is 2.17. The Bertz CT molecular complexity index is 722. The topological polar surface area (TPSA) is 75.2 Å². The number of nitrogens with zero attached hydrogens (tertiary/aromatic N) is 1. The molecular weight excluding hydrogens is 328 g/mol. The summed E-state index contributed by atoms with van der Waals surface area (Å²) in [6, 6.07) is 8.02. The number of hydrogen-bond donors (Lipinski definition) is 3. The molecule has 0 spiro atoms. The van der Waals surface area contributed by atoms with Crippen LogP contribution in [-0.2, 0) is 16.1 Å². The Kier molecular flexibility index (Phi) is 6.23. The standard InChI is InChI=1S/C17H22N4O2.ClH/c1-18-17(23)11-21-8-6-12-4-5-14(9-15(12)21)20-16(22)10-13-3-2-7-19-13;/h4-6,8-9,13,19H,2-3,7,10-11H2,1H3,(H,18,23)(H,20,22);1H. The minimum Gasteiger partial charge on any atom is -0.358 e. The normalized spacial score (nSPS) is 16.6. The van der Waals surface area contributed by atoms with Gasteiger partial charge in [0.1, 0.15) is 6.54 Å². The Labute approximate surface area is 147 Å². The summed E-state index contributed by atoms with van der Waals surface area (Å²) >= 11 is 0. The Morgan fingerprint density at radius 1 is 1.29 bits per heavy atom. The Morgan fingerprint density at radius 2 is 2.12 bits per heavy atom. The second-order valence-corrected chi connectivity index (χ2v) is 5.94. The number of anilines is 1. The average Bonchev–Trinajstić information content (AvgIpc) is 3.17. The van der Waals surface area contributed by atoms with Crippen molar-refractivity contribution in [2.45, 2.75) is 31.8 Å². The van der Waals surface area contributed by atoms with E-state index in [1.807, 2.05) is 35.0 Å². The predicted molar refractivity (Wildman–Crippen MR) is 97.5 cm³/mol. The lowest BCUT2D eigenvalue weighted by atomic mass is 10.1. The number of carbonyl (C=O) groups is 2. The van der Waals surface area contributed by atoms with Gasteiger partial charge in [-0.15, -0.1) is 12.4 Å². The summed E-state index contributed by atoms with van der Waals surface area (Å²) in [7, 11) is 1.62. The fourth-order valence-electron chi connectivity index (χ4n) is 3.00. The summed E-state index contributed by atoms with van der Waals surface area (Å²) in [4.78, 5) is 23.7. The number of carbonyl (C=O) groups excluding carboxylic acids is 2. The van der Waals surface area contributed by atoms with Gasteiger partial charge in [0, 0.05) is 31.4 Å². The Balaban J connectivity index is 0.00000208. The molecule has 1 aromatic carbocycles. The lowest BCUT2D eigenvalue weighted by Crippen LogP contribution is -2.27. The molecule has 1 fully saturated rings. The van der Waals surface area contributed by atoms with Crippen LogP contribution in [0.2, 0.25) is 0 Å². The van der Waals surface area contributed by atoms with Crippen LogP contribution in [0.3, 0.4) is 0 Å². The van der Waals surface area contributed by atoms with E-state index in [1.165, 1.54) is 0 Å². The third kappa shape index (κ3) is 4.27. The zero-order chi connectivity index (χ0) is 16.2. The summed E-state index contributed by atoms with van der Waals surface area (Å²) in [5.74, 6) is -0.0302. The number of halogens is 1. The van der Waals surface area contributed by atoms with E-state index in [2.05, 4.69) is 16.0 Å². The minimum atomic E-state index is -0.0516. The number of hydrogen-bond acceptors (Lipinski definition) is 3. The molecule has 7 heteroatoms. The van der Waals surface area contributed by atoms with Crippen LogP contribution in [0.4, 0.5) is 5.69 Å². The number of benzene rings is 1. The molecule has 2 aromatic rings. The van der Waals surface area contributed by atoms with Crippen molar-refractivity contribution in [3.8, 4) is 0 Å². The molecule has 2 amide bonds. The lowest BCUT2D eigenvalue weighted by molar-refractivity contribution is -0.121. The average molecular weight is 351 g/mol. The maximum absolute atomic E-state index is 12.1. The van der Waals surface area contributed by atoms with Crippen LogP contribution in [0.1, 0.15) is 19.3 Å². The summed E-state index contributed by atoms with van der Waals surface area (Å²) in [6.07, 6.45) is 4.57. The van der Waals surface area contributed by atoms with E-state index in [4.69, 9.17) is 0 Å². The smallest absolute Gasteiger partial charge is 0.239 e. The maximum atomic E-state index is 12.1. The van der Waals surface area contributed by atoms with Crippen molar-refractivity contribution in [2.75, 3.05) is 18.9 Å². The van der Waals surface area contributed by atoms with E-state index in [9.17, 15) is 9.59 Å². The van der Waals surface area contributed by atoms with Gasteiger partial charge >= 0.3 is 0 Å². The van der Waals surface area contributed by atoms with E-state index in [1.54, 1.807) is 7.05 Å². The van der Waals surface area contributed by atoms with Crippen molar-refractivity contribution in [3.05, 3.63) is 30.5 Å². The number of fused-ring (bicyclic) bond motifs is 1. The summed E-state index contributed by atoms with van der Waals surface area (Å²) in [6.45, 7) is 1.26. The maximum Gasteiger partial charge on any atom is 0.239 e. The van der Waals surface area contributed by atoms with Crippen LogP contribution in [0.15, 0.2) is 30.5 Å². The second kappa shape index (κ2) is 8.17. The molecule has 3 N–H and O–H groups in total. The summed E-state index contributed by atoms with van der Waals surface area (Å²) in [5, 5.41) is 9.94. The third-order valence-corrected chi connectivity index (χ3v) is 4.24. The van der Waals surface area contributed by atoms with Crippen molar-refractivity contribution in [3.63, 3.8) is 0 Å². The monoisotopic (exact) mass is 350 g/mol. The van der Waals surface area contributed by atoms with E-state index in [-0.39, 0.29) is 36.8 Å². The van der Waals surface area contributed by atoms with Crippen molar-refractivity contribution in [2.24, 2.45) is 0 Å². The van der Waals surface area contributed by atoms with Crippen molar-refractivity contribution in [1.29, 1.82) is 0 Å². The molecule has 1 unspecified atom stereocenters. The van der Waals surface area contributed by atoms with Crippen LogP contribution in [0.25, 0.3) is 10.9 Å². The van der Waals surface area contributed by atoms with Gasteiger partial charge in [-0.2, -0.15) is 0 Å². The van der Waals surface area contributed by atoms with Crippen molar-refractivity contribution in [1.82, 2.24) is 15.2 Å². The van der Waals surface area contributed by atoms with Gasteiger partial charge in [0.15, 0.2) is 0 Å². The van der Waals surface area contributed by atoms with Gasteiger partial charge in [0.05, 0.1) is 5.52 Å². The molecule has 24 heavy (non-hydrogen) atoms. The quantitative estimate of drug-likeness (QED) is 0.770. The molecule has 0 bridgehead atoms. The highest BCUT2D eigenvalue weighted by Crippen LogP contribution is 2.21. The van der Waals surface area contributed by atoms with Crippen molar-refractivity contribution >= 4 is 40.8 Å². The molecule has 1 aromatic heterocycles. The molecular formula is C17H23ClN4O2. The SMILES string of the molecule is CNC(=O)Cn1ccc2ccc(NC(=O)CC3CCCN3)cc21.Cl. The van der Waals surface area contributed by atoms with Gasteiger partial charge in [0.25, 0.3) is 0 Å². The second-order valence-electron chi connectivity index (χ2n) is 5.94. The van der Waals surface area contributed by atoms with Crippen molar-refractivity contribution < 1.29 is 9.59 Å². The first kappa shape index (κ1) is 18.3. The molecule has 0 saturated carbocycles. The molecule has 0 aliphatic carbocycles. The van der Waals surface area contributed by atoms with Gasteiger partial charge < -0.3 is 20.5 Å². The molecule has 2 heterocycles. The van der Waals surface area contributed by atoms with Crippen LogP contribution in [-0.4, -0.2) is 36.0 Å². The van der Waals surface area contributed by atoms with Crippen LogP contribution >= 0.6 is 12.4 Å². The number of nitrogens with one attached hydrogen (secondary N) is 3. The first-order chi connectivity index (χ1) is 11.2. The van der Waals surface area contributed by atoms with Gasteiger partial charge in [-0.05, 0) is 43.0 Å². The number of aromatic nitrogens is 1. The van der Waals surface area contributed by atoms with Gasteiger partial charge in [-0.25, -0.2) is 0 Å². The Morgan fingerprint density at radius 3 is 2.83 bits per heavy atom. The first-order valence-corrected chi connectivity index (χ1v) is 7.98. The molecule has 1 atom stereocenters. The van der Waals surface area contributed by atoms with Gasteiger partial charge in [-0.3, -0.25) is 9.59 Å². The molecule has 0 radical (unpaired) electrons. The first-order valence-electron chi connectivity index (χ1n) is 7.98. The molecule has 1 aliphatic heterocycles. The number of amides is 2. The van der Waals surface area contributed by atoms with Gasteiger partial charge in [0.2, 0.25) is 11.8 Å². The van der Waals surface area contributed by atoms with Crippen LogP contribution in [0, 0.1) is 0 Å². The molecule has 3 rings (SSSR count). The number of likely N-dealkylation sites (N-methyl/N-ethyl adjacent to an activating group) is 1. The third-order valence-electron chi connectivity index (χ3n) is 4.24. The highest BCUT2D eigenvalue weighted by molar-refractivity contribution is 5.94. The fourth-order valence-corrected chi connectivity index (χ4v) is 3.00. The van der Waals surface area contributed by atoms with Gasteiger partial charge in [-0.1, -0.05) is 6.07 Å². The van der Waals surface area contributed by atoms with E-state index in [0.29, 0.717) is 6.42 Å². The highest BCUT2D eigenvalue weighted by atomic mass is 35.5. The predicted octanol–water partition coefficient (Wildman–Crippen LogP) is 1.89. The molecule has 1 saturated heterocycles. The summed E-state index contributed by atoms with van der Waals surface area (Å²) < 4.78 is 1.88. The van der Waals surface area contributed by atoms with Crippen LogP contribution in [0.5, 0.6) is 0 Å². The number of rotatable bonds is 5. The molecule has 130 valence electrons. The zero-order valence-electron chi connectivity index (χ0n) is 13.7. The Hall–Kier alpha value is -2.05. The van der Waals surface area contributed by atoms with E-state index >= 15 is 0 Å². The lowest BCUT2D eigenvalue weighted by Gasteiger charge is -2.11. The van der Waals surface area contributed by atoms with E-state index in [0.717, 1.165) is 36.0 Å². The van der Waals surface area contributed by atoms with E-state index < -0.39 is 0 Å². The van der Waals surface area contributed by atoms with Crippen LogP contribution < -0.4 is 16.0 Å². The zero-order valence-corrected chi connectivity index (χ0v) is 14.5. The molecule has 1 aliphatic rings. The fraction of sp³-hybridized carbons (Fsp3) is 0.412.